The number of carbonyl (C=O) groups is 2. The number of rotatable bonds is 6. The third kappa shape index (κ3) is 3.92. The Morgan fingerprint density at radius 1 is 0.730 bits per heavy atom. The lowest BCUT2D eigenvalue weighted by molar-refractivity contribution is 0.0640. The summed E-state index contributed by atoms with van der Waals surface area (Å²) in [6.07, 6.45) is 0. The normalized spacial score (nSPS) is 13.8. The van der Waals surface area contributed by atoms with Crippen molar-refractivity contribution in [2.45, 2.75) is 22.9 Å². The minimum absolute atomic E-state index is 0.101. The molecule has 183 valence electrons. The molecule has 0 aliphatic carbocycles. The highest BCUT2D eigenvalue weighted by Crippen LogP contribution is 2.53. The Morgan fingerprint density at radius 2 is 1.41 bits per heavy atom. The van der Waals surface area contributed by atoms with Crippen molar-refractivity contribution in [3.05, 3.63) is 107 Å². The van der Waals surface area contributed by atoms with Crippen LogP contribution < -0.4 is 14.4 Å². The zero-order chi connectivity index (χ0) is 25.5. The molecule has 7 heteroatoms. The molecule has 0 fully saturated rings. The van der Waals surface area contributed by atoms with Gasteiger partial charge in [0.15, 0.2) is 0 Å². The highest BCUT2D eigenvalue weighted by Gasteiger charge is 2.37. The summed E-state index contributed by atoms with van der Waals surface area (Å²) in [4.78, 5) is 31.7. The second kappa shape index (κ2) is 9.33. The molecule has 1 radical (unpaired) electrons. The number of nitrogens with zero attached hydrogens (tertiary/aromatic N) is 2. The average molecular weight is 508 g/mol. The predicted octanol–water partition coefficient (Wildman–Crippen LogP) is 6.10. The number of ether oxygens (including phenoxy) is 2. The quantitative estimate of drug-likeness (QED) is 0.294. The van der Waals surface area contributed by atoms with Crippen molar-refractivity contribution in [3.8, 4) is 11.5 Å². The maximum atomic E-state index is 13.2. The van der Waals surface area contributed by atoms with Crippen molar-refractivity contribution in [1.82, 2.24) is 4.90 Å². The van der Waals surface area contributed by atoms with Crippen LogP contribution in [0.3, 0.4) is 0 Å². The molecule has 37 heavy (non-hydrogen) atoms. The van der Waals surface area contributed by atoms with Gasteiger partial charge in [0.2, 0.25) is 0 Å². The molecule has 0 atom stereocenters. The molecule has 0 saturated carbocycles. The van der Waals surface area contributed by atoms with Gasteiger partial charge in [0, 0.05) is 28.0 Å². The Balaban J connectivity index is 1.47. The van der Waals surface area contributed by atoms with E-state index in [2.05, 4.69) is 23.1 Å². The number of methoxy groups -OCH3 is 2. The van der Waals surface area contributed by atoms with Crippen LogP contribution in [0.1, 0.15) is 31.8 Å². The first-order valence-corrected chi connectivity index (χ1v) is 12.7. The van der Waals surface area contributed by atoms with E-state index < -0.39 is 0 Å². The Labute approximate surface area is 219 Å². The van der Waals surface area contributed by atoms with Crippen molar-refractivity contribution >= 4 is 35.0 Å². The summed E-state index contributed by atoms with van der Waals surface area (Å²) in [6, 6.07) is 28.4. The molecule has 0 saturated heterocycles. The van der Waals surface area contributed by atoms with Crippen LogP contribution in [0.4, 0.5) is 11.4 Å². The van der Waals surface area contributed by atoms with Gasteiger partial charge in [-0.2, -0.15) is 0 Å². The number of imide groups is 1. The number of anilines is 2. The zero-order valence-electron chi connectivity index (χ0n) is 20.4. The average Bonchev–Trinajstić information content (AvgIpc) is 3.18. The third-order valence-corrected chi connectivity index (χ3v) is 7.84. The largest absolute Gasteiger partial charge is 0.496 e. The van der Waals surface area contributed by atoms with Crippen molar-refractivity contribution in [2.24, 2.45) is 0 Å². The summed E-state index contributed by atoms with van der Waals surface area (Å²) < 4.78 is 11.2. The lowest BCUT2D eigenvalue weighted by Crippen LogP contribution is -2.30. The molecule has 4 aromatic carbocycles. The van der Waals surface area contributed by atoms with E-state index in [1.165, 1.54) is 4.90 Å². The van der Waals surface area contributed by atoms with E-state index in [-0.39, 0.29) is 18.4 Å². The van der Waals surface area contributed by atoms with E-state index in [4.69, 9.17) is 9.47 Å². The molecule has 2 heterocycles. The fourth-order valence-electron chi connectivity index (χ4n) is 4.83. The third-order valence-electron chi connectivity index (χ3n) is 6.66. The first kappa shape index (κ1) is 23.2. The second-order valence-electron chi connectivity index (χ2n) is 8.75. The maximum absolute atomic E-state index is 13.2. The molecule has 0 unspecified atom stereocenters. The van der Waals surface area contributed by atoms with Crippen LogP contribution in [-0.4, -0.2) is 30.9 Å². The van der Waals surface area contributed by atoms with E-state index in [9.17, 15) is 9.59 Å². The van der Waals surface area contributed by atoms with Crippen molar-refractivity contribution < 1.29 is 19.1 Å². The van der Waals surface area contributed by atoms with Crippen LogP contribution in [0.2, 0.25) is 0 Å². The fraction of sp³-hybridized carbons (Fsp3) is 0.133. The number of carbonyl (C=O) groups excluding carboxylic acids is 2. The Morgan fingerprint density at radius 3 is 2.08 bits per heavy atom. The molecule has 2 aliphatic rings. The predicted molar refractivity (Wildman–Crippen MR) is 142 cm³/mol. The molecule has 6 nitrogen and oxygen atoms in total. The lowest BCUT2D eigenvalue weighted by atomic mass is 10.1. The van der Waals surface area contributed by atoms with Crippen LogP contribution in [0.25, 0.3) is 0 Å². The van der Waals surface area contributed by atoms with Gasteiger partial charge in [-0.05, 0) is 42.0 Å². The first-order chi connectivity index (χ1) is 18.1. The van der Waals surface area contributed by atoms with Crippen LogP contribution in [0.5, 0.6) is 11.5 Å². The molecule has 4 aromatic rings. The SMILES string of the molecule is COc1[c]c2c(cc1)N(Cc1ccccc1)c1ccc(OC)c(CN3C(=O)c4ccccc4C3=O)c1S2. The summed E-state index contributed by atoms with van der Waals surface area (Å²) >= 11 is 1.55. The van der Waals surface area contributed by atoms with Crippen molar-refractivity contribution in [3.63, 3.8) is 0 Å². The Bertz CT molecular complexity index is 1500. The minimum atomic E-state index is -0.296. The molecule has 2 aliphatic heterocycles. The van der Waals surface area contributed by atoms with Crippen LogP contribution in [0.15, 0.2) is 88.7 Å². The summed E-state index contributed by atoms with van der Waals surface area (Å²) in [5.41, 5.74) is 4.78. The van der Waals surface area contributed by atoms with E-state index in [0.29, 0.717) is 29.2 Å². The molecule has 0 bridgehead atoms. The standard InChI is InChI=1S/C30H23N2O4S/c1-35-20-12-13-24-27(16-20)37-28-23(18-32-29(33)21-10-6-7-11-22(21)30(32)34)26(36-2)15-14-25(28)31(24)17-19-8-4-3-5-9-19/h3-15H,17-18H2,1-2H3. The summed E-state index contributed by atoms with van der Waals surface area (Å²) in [5.74, 6) is 0.666. The monoisotopic (exact) mass is 507 g/mol. The smallest absolute Gasteiger partial charge is 0.261 e. The van der Waals surface area contributed by atoms with Gasteiger partial charge in [-0.1, -0.05) is 54.2 Å². The summed E-state index contributed by atoms with van der Waals surface area (Å²) in [5, 5.41) is 0. The topological polar surface area (TPSA) is 59.1 Å². The molecule has 6 rings (SSSR count). The Kier molecular flexibility index (Phi) is 5.85. The highest BCUT2D eigenvalue weighted by atomic mass is 32.2. The van der Waals surface area contributed by atoms with Gasteiger partial charge in [-0.25, -0.2) is 0 Å². The van der Waals surface area contributed by atoms with E-state index in [1.54, 1.807) is 50.2 Å². The van der Waals surface area contributed by atoms with E-state index in [0.717, 1.165) is 32.3 Å². The van der Waals surface area contributed by atoms with Crippen LogP contribution >= 0.6 is 11.8 Å². The minimum Gasteiger partial charge on any atom is -0.496 e. The van der Waals surface area contributed by atoms with Gasteiger partial charge < -0.3 is 14.4 Å². The fourth-order valence-corrected chi connectivity index (χ4v) is 6.04. The highest BCUT2D eigenvalue weighted by molar-refractivity contribution is 7.99. The van der Waals surface area contributed by atoms with E-state index in [1.807, 2.05) is 42.5 Å². The van der Waals surface area contributed by atoms with Crippen LogP contribution in [-0.2, 0) is 13.1 Å². The van der Waals surface area contributed by atoms with Gasteiger partial charge >= 0.3 is 0 Å². The second-order valence-corrected chi connectivity index (χ2v) is 9.77. The van der Waals surface area contributed by atoms with Gasteiger partial charge in [-0.15, -0.1) is 0 Å². The van der Waals surface area contributed by atoms with Gasteiger partial charge in [0.1, 0.15) is 11.5 Å². The van der Waals surface area contributed by atoms with Crippen molar-refractivity contribution in [1.29, 1.82) is 0 Å². The number of hydrogen-bond donors (Lipinski definition) is 0. The van der Waals surface area contributed by atoms with Gasteiger partial charge in [0.05, 0.1) is 43.3 Å². The zero-order valence-corrected chi connectivity index (χ0v) is 21.2. The molecular formula is C30H23N2O4S. The number of hydrogen-bond acceptors (Lipinski definition) is 6. The molecule has 0 N–H and O–H groups in total. The van der Waals surface area contributed by atoms with Crippen molar-refractivity contribution in [2.75, 3.05) is 19.1 Å². The first-order valence-electron chi connectivity index (χ1n) is 11.8. The molecule has 0 aromatic heterocycles. The van der Waals surface area contributed by atoms with E-state index >= 15 is 0 Å². The number of amides is 2. The summed E-state index contributed by atoms with van der Waals surface area (Å²) in [6.45, 7) is 0.741. The number of benzene rings is 4. The summed E-state index contributed by atoms with van der Waals surface area (Å²) in [7, 11) is 3.23. The molecule has 0 spiro atoms. The lowest BCUT2D eigenvalue weighted by Gasteiger charge is -2.35. The number of fused-ring (bicyclic) bond motifs is 3. The van der Waals surface area contributed by atoms with Gasteiger partial charge in [-0.3, -0.25) is 14.5 Å². The van der Waals surface area contributed by atoms with Gasteiger partial charge in [0.25, 0.3) is 11.8 Å². The van der Waals surface area contributed by atoms with Crippen LogP contribution in [0, 0.1) is 6.07 Å². The molecule has 2 amide bonds. The molecular weight excluding hydrogens is 484 g/mol. The maximum Gasteiger partial charge on any atom is 0.261 e. The Hall–Kier alpha value is -4.23.